The number of aliphatic hydroxyl groups is 1. The van der Waals surface area contributed by atoms with E-state index in [0.29, 0.717) is 10.6 Å². The maximum absolute atomic E-state index is 10.8. The average molecular weight is 187 g/mol. The molecule has 0 bridgehead atoms. The average Bonchev–Trinajstić information content (AvgIpc) is 2.25. The van der Waals surface area contributed by atoms with E-state index in [1.165, 1.54) is 5.01 Å². The van der Waals surface area contributed by atoms with Gasteiger partial charge in [0.05, 0.1) is 13.0 Å². The lowest BCUT2D eigenvalue weighted by Gasteiger charge is -2.38. The van der Waals surface area contributed by atoms with Crippen LogP contribution in [0.4, 0.5) is 0 Å². The van der Waals surface area contributed by atoms with Crippen molar-refractivity contribution in [2.75, 3.05) is 13.6 Å². The summed E-state index contributed by atoms with van der Waals surface area (Å²) in [4.78, 5) is 10.8. The number of hydrogen-bond donors (Lipinski definition) is 1. The van der Waals surface area contributed by atoms with E-state index in [4.69, 9.17) is 0 Å². The van der Waals surface area contributed by atoms with E-state index in [9.17, 15) is 9.90 Å². The molecule has 4 nitrogen and oxygen atoms in total. The first-order chi connectivity index (χ1) is 5.93. The third kappa shape index (κ3) is 1.44. The van der Waals surface area contributed by atoms with Gasteiger partial charge in [0.15, 0.2) is 6.23 Å². The Morgan fingerprint density at radius 3 is 2.46 bits per heavy atom. The van der Waals surface area contributed by atoms with Gasteiger partial charge in [-0.3, -0.25) is 4.79 Å². The first-order valence-electron chi connectivity index (χ1n) is 4.71. The molecule has 13 heavy (non-hydrogen) atoms. The fraction of sp³-hybridized carbons (Fsp3) is 0.889. The van der Waals surface area contributed by atoms with Gasteiger partial charge >= 0.3 is 0 Å². The largest absolute Gasteiger partial charge is 0.368 e. The number of amides is 1. The molecule has 1 aliphatic rings. The number of aliphatic hydroxyl groups excluding tert-OH is 1. The van der Waals surface area contributed by atoms with E-state index < -0.39 is 6.23 Å². The van der Waals surface area contributed by atoms with Gasteiger partial charge in [0, 0.05) is 0 Å². The second-order valence-electron chi connectivity index (χ2n) is 4.37. The van der Waals surface area contributed by atoms with Crippen LogP contribution in [0.25, 0.3) is 0 Å². The number of nitrogens with zero attached hydrogens (tertiary/aromatic N) is 2. The number of hydrogen-bond acceptors (Lipinski definition) is 2. The standard InChI is InChI=1S/C9H19N2O2/c1-7(2)11(4)5-8(3)9(13)10(11)6-12/h6-9,13H,5H2,1-4H3/q+1/t8-,9-,11+/m1/s1. The molecule has 1 N–H and O–H groups in total. The molecular formula is C9H19N2O2+. The highest BCUT2D eigenvalue weighted by Gasteiger charge is 2.48. The Kier molecular flexibility index (Phi) is 2.63. The lowest BCUT2D eigenvalue weighted by atomic mass is 10.1. The van der Waals surface area contributed by atoms with Gasteiger partial charge in [-0.25, -0.2) is 4.59 Å². The molecule has 0 radical (unpaired) electrons. The minimum absolute atomic E-state index is 0.151. The Hall–Kier alpha value is -0.610. The number of carbonyl (C=O) groups excluding carboxylic acids is 1. The van der Waals surface area contributed by atoms with Crippen LogP contribution in [0.5, 0.6) is 0 Å². The summed E-state index contributed by atoms with van der Waals surface area (Å²) in [6, 6.07) is 0.310. The van der Waals surface area contributed by atoms with Crippen molar-refractivity contribution < 1.29 is 14.5 Å². The molecule has 1 heterocycles. The Morgan fingerprint density at radius 1 is 1.62 bits per heavy atom. The molecule has 1 saturated heterocycles. The summed E-state index contributed by atoms with van der Waals surface area (Å²) < 4.78 is 0.506. The first-order valence-corrected chi connectivity index (χ1v) is 4.71. The second kappa shape index (κ2) is 3.27. The minimum Gasteiger partial charge on any atom is -0.368 e. The van der Waals surface area contributed by atoms with Crippen LogP contribution in [0.15, 0.2) is 0 Å². The van der Waals surface area contributed by atoms with Crippen LogP contribution < -0.4 is 0 Å². The third-order valence-electron chi connectivity index (χ3n) is 3.19. The molecule has 4 heteroatoms. The fourth-order valence-corrected chi connectivity index (χ4v) is 1.95. The van der Waals surface area contributed by atoms with Gasteiger partial charge in [0.2, 0.25) is 0 Å². The second-order valence-corrected chi connectivity index (χ2v) is 4.37. The lowest BCUT2D eigenvalue weighted by molar-refractivity contribution is -1.01. The van der Waals surface area contributed by atoms with E-state index in [1.807, 2.05) is 14.0 Å². The van der Waals surface area contributed by atoms with Crippen LogP contribution in [0.2, 0.25) is 0 Å². The van der Waals surface area contributed by atoms with Crippen LogP contribution in [-0.4, -0.2) is 47.0 Å². The molecule has 0 aromatic carbocycles. The van der Waals surface area contributed by atoms with Crippen LogP contribution in [0, 0.1) is 5.92 Å². The molecule has 1 amide bonds. The molecule has 0 spiro atoms. The van der Waals surface area contributed by atoms with Crippen molar-refractivity contribution >= 4 is 6.41 Å². The molecule has 1 aliphatic heterocycles. The van der Waals surface area contributed by atoms with Gasteiger partial charge in [-0.15, -0.1) is 0 Å². The Morgan fingerprint density at radius 2 is 2.15 bits per heavy atom. The van der Waals surface area contributed by atoms with E-state index >= 15 is 0 Å². The minimum atomic E-state index is -0.634. The molecule has 0 aromatic rings. The number of rotatable bonds is 2. The van der Waals surface area contributed by atoms with Gasteiger partial charge in [-0.2, -0.15) is 5.01 Å². The molecule has 0 aliphatic carbocycles. The molecule has 0 saturated carbocycles. The van der Waals surface area contributed by atoms with E-state index in [2.05, 4.69) is 13.8 Å². The highest BCUT2D eigenvalue weighted by atomic mass is 16.3. The monoisotopic (exact) mass is 187 g/mol. The highest BCUT2D eigenvalue weighted by Crippen LogP contribution is 2.29. The third-order valence-corrected chi connectivity index (χ3v) is 3.19. The van der Waals surface area contributed by atoms with Gasteiger partial charge in [0.25, 0.3) is 6.41 Å². The molecule has 1 fully saturated rings. The number of quaternary nitrogens is 1. The summed E-state index contributed by atoms with van der Waals surface area (Å²) in [7, 11) is 1.98. The van der Waals surface area contributed by atoms with Crippen molar-refractivity contribution in [2.24, 2.45) is 5.92 Å². The summed E-state index contributed by atoms with van der Waals surface area (Å²) in [5.74, 6) is 0.151. The molecule has 3 atom stereocenters. The van der Waals surface area contributed by atoms with E-state index in [1.54, 1.807) is 0 Å². The molecular weight excluding hydrogens is 168 g/mol. The quantitative estimate of drug-likeness (QED) is 0.495. The van der Waals surface area contributed by atoms with Crippen molar-refractivity contribution in [1.29, 1.82) is 0 Å². The van der Waals surface area contributed by atoms with Crippen LogP contribution in [0.1, 0.15) is 20.8 Å². The highest BCUT2D eigenvalue weighted by molar-refractivity contribution is 5.45. The molecule has 76 valence electrons. The van der Waals surface area contributed by atoms with Crippen molar-refractivity contribution in [3.8, 4) is 0 Å². The van der Waals surface area contributed by atoms with Crippen molar-refractivity contribution in [3.63, 3.8) is 0 Å². The van der Waals surface area contributed by atoms with E-state index in [0.717, 1.165) is 13.0 Å². The van der Waals surface area contributed by atoms with Crippen LogP contribution in [0.3, 0.4) is 0 Å². The summed E-state index contributed by atoms with van der Waals surface area (Å²) in [6.07, 6.45) is 0.110. The summed E-state index contributed by atoms with van der Waals surface area (Å²) >= 11 is 0. The number of carbonyl (C=O) groups is 1. The maximum Gasteiger partial charge on any atom is 0.258 e. The topological polar surface area (TPSA) is 40.5 Å². The summed E-state index contributed by atoms with van der Waals surface area (Å²) in [5.41, 5.74) is 0. The summed E-state index contributed by atoms with van der Waals surface area (Å²) in [5, 5.41) is 11.2. The SMILES string of the molecule is CC(C)[N@+]1(C)C[C@@H](C)[C@@H](O)N1C=O. The molecule has 1 rings (SSSR count). The molecule has 0 aromatic heterocycles. The lowest BCUT2D eigenvalue weighted by Crippen LogP contribution is -2.58. The van der Waals surface area contributed by atoms with Crippen molar-refractivity contribution in [1.82, 2.24) is 5.01 Å². The van der Waals surface area contributed by atoms with Gasteiger partial charge < -0.3 is 5.11 Å². The zero-order valence-corrected chi connectivity index (χ0v) is 8.77. The fourth-order valence-electron chi connectivity index (χ4n) is 1.95. The Labute approximate surface area is 79.3 Å². The Bertz CT molecular complexity index is 208. The molecule has 0 unspecified atom stereocenters. The zero-order valence-electron chi connectivity index (χ0n) is 8.77. The summed E-state index contributed by atoms with van der Waals surface area (Å²) in [6.45, 7) is 6.90. The first kappa shape index (κ1) is 10.5. The van der Waals surface area contributed by atoms with E-state index in [-0.39, 0.29) is 5.92 Å². The predicted octanol–water partition coefficient (Wildman–Crippen LogP) is 0.183. The maximum atomic E-state index is 10.8. The Balaban J connectivity index is 2.93. The van der Waals surface area contributed by atoms with Crippen molar-refractivity contribution in [2.45, 2.75) is 33.0 Å². The smallest absolute Gasteiger partial charge is 0.258 e. The van der Waals surface area contributed by atoms with Gasteiger partial charge in [0.1, 0.15) is 12.6 Å². The van der Waals surface area contributed by atoms with Gasteiger partial charge in [-0.05, 0) is 13.8 Å². The van der Waals surface area contributed by atoms with Crippen molar-refractivity contribution in [3.05, 3.63) is 0 Å². The van der Waals surface area contributed by atoms with Crippen LogP contribution >= 0.6 is 0 Å². The normalized spacial score (nSPS) is 40.0. The van der Waals surface area contributed by atoms with Crippen LogP contribution in [-0.2, 0) is 4.79 Å². The zero-order chi connectivity index (χ0) is 10.2. The predicted molar refractivity (Wildman–Crippen MR) is 49.3 cm³/mol. The van der Waals surface area contributed by atoms with Gasteiger partial charge in [-0.1, -0.05) is 6.92 Å².